The predicted octanol–water partition coefficient (Wildman–Crippen LogP) is 3.50. The summed E-state index contributed by atoms with van der Waals surface area (Å²) in [6, 6.07) is 12.6. The van der Waals surface area contributed by atoms with E-state index in [1.165, 1.54) is 4.31 Å². The molecule has 0 fully saturated rings. The number of benzene rings is 2. The molecule has 0 saturated heterocycles. The maximum atomic E-state index is 12.6. The van der Waals surface area contributed by atoms with Crippen LogP contribution >= 0.6 is 0 Å². The van der Waals surface area contributed by atoms with Crippen molar-refractivity contribution in [3.05, 3.63) is 77.1 Å². The van der Waals surface area contributed by atoms with Gasteiger partial charge < -0.3 is 5.32 Å². The first kappa shape index (κ1) is 20.8. The predicted molar refractivity (Wildman–Crippen MR) is 114 cm³/mol. The van der Waals surface area contributed by atoms with Gasteiger partial charge in [-0.3, -0.25) is 14.0 Å². The summed E-state index contributed by atoms with van der Waals surface area (Å²) in [6.45, 7) is 4.24. The molecule has 152 valence electrons. The number of aromatic nitrogens is 2. The number of aryl methyl sites for hydroxylation is 3. The number of nitrogens with one attached hydrogen (secondary N) is 1. The summed E-state index contributed by atoms with van der Waals surface area (Å²) in [4.78, 5) is 12.6. The molecule has 0 spiro atoms. The van der Waals surface area contributed by atoms with E-state index in [4.69, 9.17) is 0 Å². The Bertz CT molecular complexity index is 1030. The van der Waals surface area contributed by atoms with Crippen molar-refractivity contribution in [3.8, 4) is 0 Å². The second-order valence-electron chi connectivity index (χ2n) is 6.75. The van der Waals surface area contributed by atoms with Crippen molar-refractivity contribution in [3.63, 3.8) is 0 Å². The lowest BCUT2D eigenvalue weighted by Crippen LogP contribution is -2.24. The van der Waals surface area contributed by atoms with E-state index < -0.39 is 11.3 Å². The van der Waals surface area contributed by atoms with Crippen molar-refractivity contribution in [2.75, 3.05) is 4.31 Å². The zero-order valence-corrected chi connectivity index (χ0v) is 17.4. The van der Waals surface area contributed by atoms with Crippen LogP contribution in [-0.2, 0) is 31.3 Å². The highest BCUT2D eigenvalue weighted by atomic mass is 32.2. The average Bonchev–Trinajstić information content (AvgIpc) is 3.13. The number of carbonyl (C=O) groups is 1. The molecule has 0 radical (unpaired) electrons. The molecule has 0 aliphatic carbocycles. The molecule has 1 amide bonds. The molecule has 29 heavy (non-hydrogen) atoms. The molecule has 2 aromatic carbocycles. The van der Waals surface area contributed by atoms with Gasteiger partial charge in [0.25, 0.3) is 17.2 Å². The number of anilines is 2. The van der Waals surface area contributed by atoms with Crippen molar-refractivity contribution in [2.45, 2.75) is 26.8 Å². The SMILES string of the molecule is CCc1ccc(N(c2cc(C(=O)NCc3cnn(C)c3)ccc2C)S(=O)O)cc1. The molecular weight excluding hydrogens is 388 g/mol. The van der Waals surface area contributed by atoms with Crippen LogP contribution in [0.2, 0.25) is 0 Å². The van der Waals surface area contributed by atoms with Crippen molar-refractivity contribution in [1.82, 2.24) is 15.1 Å². The van der Waals surface area contributed by atoms with Crippen molar-refractivity contribution in [1.29, 1.82) is 0 Å². The van der Waals surface area contributed by atoms with E-state index in [-0.39, 0.29) is 5.91 Å². The first-order valence-electron chi connectivity index (χ1n) is 9.25. The van der Waals surface area contributed by atoms with E-state index in [0.717, 1.165) is 23.1 Å². The molecule has 8 heteroatoms. The van der Waals surface area contributed by atoms with E-state index in [9.17, 15) is 13.6 Å². The summed E-state index contributed by atoms with van der Waals surface area (Å²) in [7, 11) is 1.81. The number of hydrogen-bond donors (Lipinski definition) is 2. The van der Waals surface area contributed by atoms with Gasteiger partial charge in [-0.05, 0) is 48.7 Å². The van der Waals surface area contributed by atoms with Crippen LogP contribution in [0.15, 0.2) is 54.9 Å². The summed E-state index contributed by atoms with van der Waals surface area (Å²) in [5, 5.41) is 6.93. The third-order valence-electron chi connectivity index (χ3n) is 4.64. The number of hydrogen-bond acceptors (Lipinski definition) is 3. The Morgan fingerprint density at radius 1 is 1.21 bits per heavy atom. The minimum absolute atomic E-state index is 0.264. The summed E-state index contributed by atoms with van der Waals surface area (Å²) in [5.74, 6) is -0.264. The van der Waals surface area contributed by atoms with E-state index in [1.807, 2.05) is 44.4 Å². The lowest BCUT2D eigenvalue weighted by atomic mass is 10.1. The number of carbonyl (C=O) groups excluding carboxylic acids is 1. The minimum atomic E-state index is -2.29. The van der Waals surface area contributed by atoms with Crippen LogP contribution in [-0.4, -0.2) is 24.4 Å². The third-order valence-corrected chi connectivity index (χ3v) is 5.36. The van der Waals surface area contributed by atoms with Gasteiger partial charge in [0.1, 0.15) is 0 Å². The zero-order chi connectivity index (χ0) is 21.0. The molecule has 0 bridgehead atoms. The van der Waals surface area contributed by atoms with Gasteiger partial charge in [-0.2, -0.15) is 5.10 Å². The van der Waals surface area contributed by atoms with Crippen LogP contribution in [0, 0.1) is 6.92 Å². The summed E-state index contributed by atoms with van der Waals surface area (Å²) >= 11 is -2.29. The smallest absolute Gasteiger partial charge is 0.266 e. The Hall–Kier alpha value is -2.97. The Morgan fingerprint density at radius 2 is 1.93 bits per heavy atom. The Morgan fingerprint density at radius 3 is 2.52 bits per heavy atom. The molecule has 1 aromatic heterocycles. The maximum Gasteiger partial charge on any atom is 0.266 e. The van der Waals surface area contributed by atoms with Gasteiger partial charge in [-0.25, -0.2) is 8.51 Å². The van der Waals surface area contributed by atoms with Gasteiger partial charge in [0.05, 0.1) is 17.6 Å². The molecular formula is C21H24N4O3S. The van der Waals surface area contributed by atoms with Gasteiger partial charge in [-0.1, -0.05) is 25.1 Å². The molecule has 3 rings (SSSR count). The van der Waals surface area contributed by atoms with Gasteiger partial charge in [0, 0.05) is 30.9 Å². The van der Waals surface area contributed by atoms with E-state index in [2.05, 4.69) is 17.3 Å². The first-order chi connectivity index (χ1) is 13.9. The van der Waals surface area contributed by atoms with Gasteiger partial charge >= 0.3 is 0 Å². The van der Waals surface area contributed by atoms with Crippen LogP contribution in [0.4, 0.5) is 11.4 Å². The van der Waals surface area contributed by atoms with Gasteiger partial charge in [0.15, 0.2) is 0 Å². The summed E-state index contributed by atoms with van der Waals surface area (Å²) in [6.07, 6.45) is 4.41. The highest BCUT2D eigenvalue weighted by Gasteiger charge is 2.19. The molecule has 1 atom stereocenters. The van der Waals surface area contributed by atoms with Gasteiger partial charge in [-0.15, -0.1) is 0 Å². The van der Waals surface area contributed by atoms with Crippen LogP contribution in [0.3, 0.4) is 0 Å². The lowest BCUT2D eigenvalue weighted by Gasteiger charge is -2.23. The Balaban J connectivity index is 1.87. The third kappa shape index (κ3) is 4.90. The Kier molecular flexibility index (Phi) is 6.46. The molecule has 1 unspecified atom stereocenters. The topological polar surface area (TPSA) is 87.5 Å². The average molecular weight is 413 g/mol. The normalized spacial score (nSPS) is 11.9. The quantitative estimate of drug-likeness (QED) is 0.582. The number of nitrogens with zero attached hydrogens (tertiary/aromatic N) is 3. The molecule has 3 aromatic rings. The van der Waals surface area contributed by atoms with Crippen molar-refractivity contribution in [2.24, 2.45) is 7.05 Å². The molecule has 7 nitrogen and oxygen atoms in total. The van der Waals surface area contributed by atoms with E-state index in [1.54, 1.807) is 29.1 Å². The second-order valence-corrected chi connectivity index (χ2v) is 7.58. The van der Waals surface area contributed by atoms with Crippen molar-refractivity contribution < 1.29 is 13.6 Å². The fraction of sp³-hybridized carbons (Fsp3) is 0.238. The zero-order valence-electron chi connectivity index (χ0n) is 16.6. The van der Waals surface area contributed by atoms with Crippen LogP contribution in [0.1, 0.15) is 34.0 Å². The van der Waals surface area contributed by atoms with Crippen molar-refractivity contribution >= 4 is 28.5 Å². The monoisotopic (exact) mass is 412 g/mol. The van der Waals surface area contributed by atoms with Crippen LogP contribution in [0.5, 0.6) is 0 Å². The molecule has 0 aliphatic heterocycles. The van der Waals surface area contributed by atoms with Gasteiger partial charge in [0.2, 0.25) is 0 Å². The van der Waals surface area contributed by atoms with Crippen LogP contribution < -0.4 is 9.62 Å². The first-order valence-corrected chi connectivity index (χ1v) is 10.3. The summed E-state index contributed by atoms with van der Waals surface area (Å²) < 4.78 is 25.1. The molecule has 1 heterocycles. The second kappa shape index (κ2) is 9.02. The largest absolute Gasteiger partial charge is 0.348 e. The lowest BCUT2D eigenvalue weighted by molar-refractivity contribution is 0.0951. The standard InChI is InChI=1S/C21H24N4O3S/c1-4-16-6-9-19(10-7-16)25(29(27)28)20-11-18(8-5-15(20)2)21(26)22-12-17-13-23-24(3)14-17/h5-11,13-14H,4,12H2,1-3H3,(H,22,26)(H,27,28). The minimum Gasteiger partial charge on any atom is -0.348 e. The van der Waals surface area contributed by atoms with Crippen LogP contribution in [0.25, 0.3) is 0 Å². The highest BCUT2D eigenvalue weighted by molar-refractivity contribution is 7.81. The molecule has 0 saturated carbocycles. The highest BCUT2D eigenvalue weighted by Crippen LogP contribution is 2.31. The molecule has 0 aliphatic rings. The fourth-order valence-electron chi connectivity index (χ4n) is 3.00. The number of amides is 1. The Labute approximate surface area is 172 Å². The fourth-order valence-corrected chi connectivity index (χ4v) is 3.66. The maximum absolute atomic E-state index is 12.6. The molecule has 2 N–H and O–H groups in total. The van der Waals surface area contributed by atoms with E-state index >= 15 is 0 Å². The van der Waals surface area contributed by atoms with E-state index in [0.29, 0.717) is 23.5 Å². The summed E-state index contributed by atoms with van der Waals surface area (Å²) in [5.41, 5.74) is 4.31. The number of rotatable bonds is 7.